The molecule has 0 radical (unpaired) electrons. The van der Waals surface area contributed by atoms with Crippen LogP contribution in [0.4, 0.5) is 5.69 Å². The van der Waals surface area contributed by atoms with E-state index in [1.807, 2.05) is 59.5 Å². The molecular formula is C17H15N3O. The van der Waals surface area contributed by atoms with Crippen LogP contribution in [0.3, 0.4) is 0 Å². The number of nitrogens with zero attached hydrogens (tertiary/aromatic N) is 2. The zero-order valence-corrected chi connectivity index (χ0v) is 11.4. The van der Waals surface area contributed by atoms with E-state index in [0.717, 1.165) is 17.1 Å². The number of amides is 1. The molecule has 2 aromatic rings. The van der Waals surface area contributed by atoms with E-state index in [1.54, 1.807) is 12.3 Å². The molecule has 0 spiro atoms. The number of carbonyl (C=O) groups is 1. The number of benzene rings is 1. The molecule has 4 nitrogen and oxygen atoms in total. The van der Waals surface area contributed by atoms with Crippen molar-refractivity contribution in [2.24, 2.45) is 5.73 Å². The van der Waals surface area contributed by atoms with Gasteiger partial charge in [0.1, 0.15) is 0 Å². The van der Waals surface area contributed by atoms with Crippen molar-refractivity contribution in [3.63, 3.8) is 0 Å². The van der Waals surface area contributed by atoms with Gasteiger partial charge in [-0.05, 0) is 36.4 Å². The molecule has 1 amide bonds. The molecule has 0 saturated carbocycles. The molecule has 0 aliphatic carbocycles. The fraction of sp³-hybridized carbons (Fsp3) is 0.0588. The van der Waals surface area contributed by atoms with Crippen molar-refractivity contribution in [3.05, 3.63) is 78.1 Å². The number of aromatic nitrogens is 1. The molecule has 1 aliphatic heterocycles. The van der Waals surface area contributed by atoms with Gasteiger partial charge in [0.15, 0.2) is 0 Å². The lowest BCUT2D eigenvalue weighted by Gasteiger charge is -2.30. The van der Waals surface area contributed by atoms with Crippen LogP contribution < -0.4 is 10.6 Å². The smallest absolute Gasteiger partial charge is 0.246 e. The first-order chi connectivity index (χ1) is 10.3. The number of hydrogen-bond acceptors (Lipinski definition) is 3. The predicted octanol–water partition coefficient (Wildman–Crippen LogP) is 2.35. The molecule has 0 fully saturated rings. The highest BCUT2D eigenvalue weighted by molar-refractivity contribution is 5.96. The van der Waals surface area contributed by atoms with E-state index in [-0.39, 0.29) is 0 Å². The topological polar surface area (TPSA) is 59.2 Å². The number of rotatable bonds is 3. The zero-order valence-electron chi connectivity index (χ0n) is 11.4. The summed E-state index contributed by atoms with van der Waals surface area (Å²) in [5.41, 5.74) is 8.81. The standard InChI is InChI=1S/C17H15N3O/c18-17(21)13-9-10-16(15-8-4-5-11-19-15)20(12-13)14-6-2-1-3-7-14/h1-11H,12H2,(H2,18,21). The Kier molecular flexibility index (Phi) is 3.51. The van der Waals surface area contributed by atoms with Gasteiger partial charge in [-0.2, -0.15) is 0 Å². The van der Waals surface area contributed by atoms with Crippen LogP contribution in [0.5, 0.6) is 0 Å². The normalized spacial score (nSPS) is 14.4. The molecular weight excluding hydrogens is 262 g/mol. The lowest BCUT2D eigenvalue weighted by molar-refractivity contribution is -0.114. The van der Waals surface area contributed by atoms with Crippen LogP contribution in [0.1, 0.15) is 5.69 Å². The summed E-state index contributed by atoms with van der Waals surface area (Å²) in [7, 11) is 0. The van der Waals surface area contributed by atoms with Gasteiger partial charge in [-0.15, -0.1) is 0 Å². The van der Waals surface area contributed by atoms with Crippen LogP contribution in [0.25, 0.3) is 5.70 Å². The number of para-hydroxylation sites is 1. The molecule has 2 heterocycles. The largest absolute Gasteiger partial charge is 0.366 e. The van der Waals surface area contributed by atoms with Crippen molar-refractivity contribution in [1.29, 1.82) is 0 Å². The second-order valence-electron chi connectivity index (χ2n) is 4.74. The van der Waals surface area contributed by atoms with Gasteiger partial charge in [-0.1, -0.05) is 24.3 Å². The third kappa shape index (κ3) is 2.69. The molecule has 0 unspecified atom stereocenters. The highest BCUT2D eigenvalue weighted by atomic mass is 16.1. The minimum absolute atomic E-state index is 0.396. The number of carbonyl (C=O) groups excluding carboxylic acids is 1. The number of allylic oxidation sites excluding steroid dienone is 2. The van der Waals surface area contributed by atoms with Crippen LogP contribution >= 0.6 is 0 Å². The van der Waals surface area contributed by atoms with E-state index in [0.29, 0.717) is 12.1 Å². The fourth-order valence-corrected chi connectivity index (χ4v) is 2.31. The summed E-state index contributed by atoms with van der Waals surface area (Å²) in [5.74, 6) is -0.396. The Balaban J connectivity index is 2.06. The second-order valence-corrected chi connectivity index (χ2v) is 4.74. The minimum atomic E-state index is -0.396. The van der Waals surface area contributed by atoms with Crippen molar-refractivity contribution in [2.45, 2.75) is 0 Å². The number of nitrogens with two attached hydrogens (primary N) is 1. The highest BCUT2D eigenvalue weighted by Gasteiger charge is 2.21. The van der Waals surface area contributed by atoms with Crippen molar-refractivity contribution >= 4 is 17.3 Å². The highest BCUT2D eigenvalue weighted by Crippen LogP contribution is 2.28. The Morgan fingerprint density at radius 3 is 2.48 bits per heavy atom. The van der Waals surface area contributed by atoms with Crippen molar-refractivity contribution < 1.29 is 4.79 Å². The number of anilines is 1. The summed E-state index contributed by atoms with van der Waals surface area (Å²) in [6.45, 7) is 0.446. The maximum atomic E-state index is 11.5. The second kappa shape index (κ2) is 5.63. The lowest BCUT2D eigenvalue weighted by atomic mass is 10.1. The van der Waals surface area contributed by atoms with Crippen LogP contribution in [0.2, 0.25) is 0 Å². The van der Waals surface area contributed by atoms with Crippen LogP contribution in [0.15, 0.2) is 72.5 Å². The quantitative estimate of drug-likeness (QED) is 0.937. The van der Waals surface area contributed by atoms with Gasteiger partial charge in [0.05, 0.1) is 17.9 Å². The molecule has 1 aliphatic rings. The van der Waals surface area contributed by atoms with Crippen LogP contribution in [0, 0.1) is 0 Å². The summed E-state index contributed by atoms with van der Waals surface area (Å²) in [6.07, 6.45) is 5.41. The number of primary amides is 1. The number of hydrogen-bond donors (Lipinski definition) is 1. The average molecular weight is 277 g/mol. The third-order valence-corrected chi connectivity index (χ3v) is 3.37. The van der Waals surface area contributed by atoms with E-state index in [4.69, 9.17) is 5.73 Å². The van der Waals surface area contributed by atoms with Crippen LogP contribution in [-0.4, -0.2) is 17.4 Å². The van der Waals surface area contributed by atoms with E-state index >= 15 is 0 Å². The summed E-state index contributed by atoms with van der Waals surface area (Å²) >= 11 is 0. The van der Waals surface area contributed by atoms with E-state index in [2.05, 4.69) is 4.98 Å². The first-order valence-corrected chi connectivity index (χ1v) is 6.70. The predicted molar refractivity (Wildman–Crippen MR) is 83.3 cm³/mol. The van der Waals surface area contributed by atoms with Crippen LogP contribution in [-0.2, 0) is 4.79 Å². The zero-order chi connectivity index (χ0) is 14.7. The van der Waals surface area contributed by atoms with E-state index < -0.39 is 5.91 Å². The molecule has 0 atom stereocenters. The first kappa shape index (κ1) is 13.1. The lowest BCUT2D eigenvalue weighted by Crippen LogP contribution is -2.31. The molecule has 4 heteroatoms. The van der Waals surface area contributed by atoms with E-state index in [1.165, 1.54) is 0 Å². The summed E-state index contributed by atoms with van der Waals surface area (Å²) in [5, 5.41) is 0. The maximum absolute atomic E-state index is 11.5. The Morgan fingerprint density at radius 1 is 1.05 bits per heavy atom. The van der Waals surface area contributed by atoms with E-state index in [9.17, 15) is 4.79 Å². The minimum Gasteiger partial charge on any atom is -0.366 e. The van der Waals surface area contributed by atoms with Gasteiger partial charge >= 0.3 is 0 Å². The van der Waals surface area contributed by atoms with Crippen molar-refractivity contribution in [2.75, 3.05) is 11.4 Å². The Labute approximate surface area is 123 Å². The summed E-state index contributed by atoms with van der Waals surface area (Å²) in [4.78, 5) is 17.9. The van der Waals surface area contributed by atoms with Gasteiger partial charge in [0, 0.05) is 17.5 Å². The number of pyridine rings is 1. The third-order valence-electron chi connectivity index (χ3n) is 3.37. The van der Waals surface area contributed by atoms with Gasteiger partial charge < -0.3 is 10.6 Å². The molecule has 0 bridgehead atoms. The van der Waals surface area contributed by atoms with Gasteiger partial charge in [0.2, 0.25) is 5.91 Å². The van der Waals surface area contributed by atoms with Gasteiger partial charge in [-0.3, -0.25) is 9.78 Å². The van der Waals surface area contributed by atoms with Gasteiger partial charge in [-0.25, -0.2) is 0 Å². The van der Waals surface area contributed by atoms with Crippen molar-refractivity contribution in [3.8, 4) is 0 Å². The SMILES string of the molecule is NC(=O)C1=CC=C(c2ccccn2)N(c2ccccc2)C1. The molecule has 1 aromatic carbocycles. The Morgan fingerprint density at radius 2 is 1.81 bits per heavy atom. The van der Waals surface area contributed by atoms with Gasteiger partial charge in [0.25, 0.3) is 0 Å². The first-order valence-electron chi connectivity index (χ1n) is 6.70. The average Bonchev–Trinajstić information content (AvgIpc) is 2.56. The van der Waals surface area contributed by atoms with Crippen molar-refractivity contribution in [1.82, 2.24) is 4.98 Å². The Bertz CT molecular complexity index is 705. The molecule has 0 saturated heterocycles. The molecule has 21 heavy (non-hydrogen) atoms. The molecule has 2 N–H and O–H groups in total. The molecule has 3 rings (SSSR count). The molecule has 104 valence electrons. The summed E-state index contributed by atoms with van der Waals surface area (Å²) < 4.78 is 0. The Hall–Kier alpha value is -2.88. The monoisotopic (exact) mass is 277 g/mol. The summed E-state index contributed by atoms with van der Waals surface area (Å²) in [6, 6.07) is 15.7. The fourth-order valence-electron chi connectivity index (χ4n) is 2.31. The maximum Gasteiger partial charge on any atom is 0.246 e. The molecule has 1 aromatic heterocycles.